The number of benzene rings is 3. The third-order valence-electron chi connectivity index (χ3n) is 4.32. The molecule has 5 heteroatoms. The number of anilines is 1. The summed E-state index contributed by atoms with van der Waals surface area (Å²) in [6.45, 7) is 0. The van der Waals surface area contributed by atoms with E-state index < -0.39 is 0 Å². The van der Waals surface area contributed by atoms with E-state index >= 15 is 0 Å². The maximum atomic E-state index is 13.4. The summed E-state index contributed by atoms with van der Waals surface area (Å²) in [7, 11) is 0. The van der Waals surface area contributed by atoms with Crippen molar-refractivity contribution in [3.05, 3.63) is 94.8 Å². The highest BCUT2D eigenvalue weighted by molar-refractivity contribution is 7.71. The summed E-state index contributed by atoms with van der Waals surface area (Å²) >= 11 is 5.70. The molecule has 4 aromatic rings. The standard InChI is InChI=1S/C22H15FN2OS/c23-16-12-10-14(11-13-16)19-20(27)17-8-4-5-9-18(17)24-21(19)25-22(26)15-6-2-1-3-7-15/h1-13H,(H2,24,25,26,27). The van der Waals surface area contributed by atoms with Crippen molar-refractivity contribution in [2.45, 2.75) is 0 Å². The normalized spacial score (nSPS) is 10.7. The van der Waals surface area contributed by atoms with Crippen LogP contribution in [0.2, 0.25) is 0 Å². The topological polar surface area (TPSA) is 44.9 Å². The smallest absolute Gasteiger partial charge is 0.256 e. The summed E-state index contributed by atoms with van der Waals surface area (Å²) in [4.78, 5) is 15.9. The van der Waals surface area contributed by atoms with Crippen molar-refractivity contribution in [1.82, 2.24) is 4.98 Å². The fourth-order valence-electron chi connectivity index (χ4n) is 3.00. The first-order valence-corrected chi connectivity index (χ1v) is 8.81. The van der Waals surface area contributed by atoms with Crippen LogP contribution in [-0.2, 0) is 0 Å². The monoisotopic (exact) mass is 374 g/mol. The molecule has 0 saturated carbocycles. The fourth-order valence-corrected chi connectivity index (χ4v) is 3.39. The van der Waals surface area contributed by atoms with Gasteiger partial charge >= 0.3 is 0 Å². The van der Waals surface area contributed by atoms with Crippen LogP contribution in [0.5, 0.6) is 0 Å². The van der Waals surface area contributed by atoms with E-state index in [4.69, 9.17) is 12.2 Å². The van der Waals surface area contributed by atoms with Crippen LogP contribution >= 0.6 is 12.2 Å². The largest absolute Gasteiger partial charge is 0.341 e. The van der Waals surface area contributed by atoms with Crippen molar-refractivity contribution < 1.29 is 9.18 Å². The lowest BCUT2D eigenvalue weighted by molar-refractivity contribution is 0.102. The number of halogens is 1. The quantitative estimate of drug-likeness (QED) is 0.435. The predicted octanol–water partition coefficient (Wildman–Crippen LogP) is 5.96. The number of aromatic nitrogens is 1. The maximum Gasteiger partial charge on any atom is 0.256 e. The van der Waals surface area contributed by atoms with Crippen LogP contribution in [-0.4, -0.2) is 10.9 Å². The van der Waals surface area contributed by atoms with Crippen LogP contribution in [0.1, 0.15) is 10.4 Å². The summed E-state index contributed by atoms with van der Waals surface area (Å²) < 4.78 is 14.0. The van der Waals surface area contributed by atoms with E-state index in [1.807, 2.05) is 30.3 Å². The number of para-hydroxylation sites is 1. The molecule has 0 saturated heterocycles. The Kier molecular flexibility index (Phi) is 4.52. The van der Waals surface area contributed by atoms with Gasteiger partial charge in [0.15, 0.2) is 0 Å². The fraction of sp³-hybridized carbons (Fsp3) is 0. The maximum absolute atomic E-state index is 13.4. The summed E-state index contributed by atoms with van der Waals surface area (Å²) in [5, 5.41) is 3.78. The molecule has 1 aromatic heterocycles. The molecule has 0 aliphatic carbocycles. The van der Waals surface area contributed by atoms with E-state index in [9.17, 15) is 9.18 Å². The van der Waals surface area contributed by atoms with Crippen LogP contribution < -0.4 is 5.32 Å². The van der Waals surface area contributed by atoms with Gasteiger partial charge in [-0.3, -0.25) is 4.79 Å². The molecule has 4 rings (SSSR count). The summed E-state index contributed by atoms with van der Waals surface area (Å²) in [5.41, 5.74) is 2.74. The molecule has 27 heavy (non-hydrogen) atoms. The Morgan fingerprint density at radius 2 is 1.56 bits per heavy atom. The van der Waals surface area contributed by atoms with Gasteiger partial charge in [0.05, 0.1) is 4.51 Å². The molecule has 3 aromatic carbocycles. The van der Waals surface area contributed by atoms with Crippen LogP contribution in [0.3, 0.4) is 0 Å². The highest BCUT2D eigenvalue weighted by atomic mass is 32.1. The second-order valence-corrected chi connectivity index (χ2v) is 6.48. The summed E-state index contributed by atoms with van der Waals surface area (Å²) in [5.74, 6) is -0.0941. The predicted molar refractivity (Wildman–Crippen MR) is 109 cm³/mol. The number of H-pyrrole nitrogens is 1. The zero-order valence-corrected chi connectivity index (χ0v) is 15.0. The SMILES string of the molecule is O=C(Nc1[nH]c2ccccc2c(=S)c1-c1ccc(F)cc1)c1ccccc1. The molecule has 132 valence electrons. The van der Waals surface area contributed by atoms with Crippen molar-refractivity contribution in [1.29, 1.82) is 0 Å². The number of amides is 1. The molecule has 0 atom stereocenters. The Morgan fingerprint density at radius 3 is 2.30 bits per heavy atom. The molecule has 0 unspecified atom stereocenters. The highest BCUT2D eigenvalue weighted by Gasteiger charge is 2.15. The van der Waals surface area contributed by atoms with E-state index in [-0.39, 0.29) is 11.7 Å². The zero-order valence-electron chi connectivity index (χ0n) is 14.2. The molecule has 0 aliphatic heterocycles. The average Bonchev–Trinajstić information content (AvgIpc) is 2.70. The van der Waals surface area contributed by atoms with Gasteiger partial charge in [0, 0.05) is 22.0 Å². The molecule has 1 heterocycles. The minimum absolute atomic E-state index is 0.250. The first-order valence-electron chi connectivity index (χ1n) is 8.41. The Balaban J connectivity index is 1.90. The zero-order chi connectivity index (χ0) is 18.8. The molecular weight excluding hydrogens is 359 g/mol. The number of carbonyl (C=O) groups is 1. The van der Waals surface area contributed by atoms with Crippen LogP contribution in [0, 0.1) is 10.3 Å². The summed E-state index contributed by atoms with van der Waals surface area (Å²) in [6.07, 6.45) is 0. The van der Waals surface area contributed by atoms with E-state index in [1.165, 1.54) is 12.1 Å². The van der Waals surface area contributed by atoms with Gasteiger partial charge in [0.25, 0.3) is 5.91 Å². The molecule has 0 spiro atoms. The number of hydrogen-bond acceptors (Lipinski definition) is 2. The van der Waals surface area contributed by atoms with E-state index in [0.29, 0.717) is 21.5 Å². The van der Waals surface area contributed by atoms with Crippen LogP contribution in [0.25, 0.3) is 22.0 Å². The third-order valence-corrected chi connectivity index (χ3v) is 4.74. The third kappa shape index (κ3) is 3.37. The lowest BCUT2D eigenvalue weighted by Crippen LogP contribution is -2.14. The van der Waals surface area contributed by atoms with Crippen molar-refractivity contribution in [3.63, 3.8) is 0 Å². The Hall–Kier alpha value is -3.31. The van der Waals surface area contributed by atoms with Gasteiger partial charge in [0.2, 0.25) is 0 Å². The molecule has 2 N–H and O–H groups in total. The first-order chi connectivity index (χ1) is 13.1. The van der Waals surface area contributed by atoms with Gasteiger partial charge in [0.1, 0.15) is 11.6 Å². The molecule has 1 amide bonds. The lowest BCUT2D eigenvalue weighted by atomic mass is 10.0. The van der Waals surface area contributed by atoms with Gasteiger partial charge < -0.3 is 10.3 Å². The van der Waals surface area contributed by atoms with Crippen LogP contribution in [0.15, 0.2) is 78.9 Å². The second kappa shape index (κ2) is 7.13. The van der Waals surface area contributed by atoms with Gasteiger partial charge in [-0.2, -0.15) is 0 Å². The number of aromatic amines is 1. The minimum atomic E-state index is -0.329. The van der Waals surface area contributed by atoms with Crippen LogP contribution in [0.4, 0.5) is 10.2 Å². The van der Waals surface area contributed by atoms with Crippen molar-refractivity contribution in [2.75, 3.05) is 5.32 Å². The Morgan fingerprint density at radius 1 is 0.889 bits per heavy atom. The molecule has 0 aliphatic rings. The lowest BCUT2D eigenvalue weighted by Gasteiger charge is -2.14. The molecule has 3 nitrogen and oxygen atoms in total. The molecular formula is C22H15FN2OS. The van der Waals surface area contributed by atoms with Crippen molar-refractivity contribution >= 4 is 34.8 Å². The summed E-state index contributed by atoms with van der Waals surface area (Å²) in [6, 6.07) is 22.6. The van der Waals surface area contributed by atoms with Crippen molar-refractivity contribution in [2.24, 2.45) is 0 Å². The van der Waals surface area contributed by atoms with Crippen molar-refractivity contribution in [3.8, 4) is 11.1 Å². The van der Waals surface area contributed by atoms with Gasteiger partial charge in [-0.1, -0.05) is 60.7 Å². The highest BCUT2D eigenvalue weighted by Crippen LogP contribution is 2.32. The molecule has 0 radical (unpaired) electrons. The number of fused-ring (bicyclic) bond motifs is 1. The average molecular weight is 374 g/mol. The number of carbonyl (C=O) groups excluding carboxylic acids is 1. The minimum Gasteiger partial charge on any atom is -0.341 e. The number of rotatable bonds is 3. The number of nitrogens with one attached hydrogen (secondary N) is 2. The second-order valence-electron chi connectivity index (χ2n) is 6.08. The Bertz CT molecular complexity index is 1180. The molecule has 0 bridgehead atoms. The van der Waals surface area contributed by atoms with Gasteiger partial charge in [-0.25, -0.2) is 4.39 Å². The van der Waals surface area contributed by atoms with Gasteiger partial charge in [-0.15, -0.1) is 0 Å². The van der Waals surface area contributed by atoms with Gasteiger partial charge in [-0.05, 0) is 35.9 Å². The first kappa shape index (κ1) is 17.1. The number of pyridine rings is 1. The molecule has 0 fully saturated rings. The van der Waals surface area contributed by atoms with E-state index in [1.54, 1.807) is 36.4 Å². The Labute approximate surface area is 160 Å². The van der Waals surface area contributed by atoms with E-state index in [0.717, 1.165) is 16.5 Å². The number of hydrogen-bond donors (Lipinski definition) is 2. The van der Waals surface area contributed by atoms with E-state index in [2.05, 4.69) is 10.3 Å².